The summed E-state index contributed by atoms with van der Waals surface area (Å²) >= 11 is 1.66. The van der Waals surface area contributed by atoms with Gasteiger partial charge in [0, 0.05) is 31.4 Å². The topological polar surface area (TPSA) is 76.1 Å². The number of amides is 1. The highest BCUT2D eigenvalue weighted by molar-refractivity contribution is 7.22. The average Bonchev–Trinajstić information content (AvgIpc) is 3.48. The molecule has 7 heteroatoms. The molecule has 0 aliphatic heterocycles. The number of fused-ring (bicyclic) bond motifs is 3. The number of carbonyl (C=O) groups excluding carboxylic acids is 1. The van der Waals surface area contributed by atoms with Crippen molar-refractivity contribution in [2.24, 2.45) is 17.8 Å². The Bertz CT molecular complexity index is 1080. The zero-order valence-electron chi connectivity index (χ0n) is 17.2. The zero-order valence-corrected chi connectivity index (χ0v) is 18.0. The van der Waals surface area contributed by atoms with Crippen molar-refractivity contribution in [2.75, 3.05) is 12.4 Å². The van der Waals surface area contributed by atoms with E-state index in [-0.39, 0.29) is 5.91 Å². The molecule has 2 fully saturated rings. The Hall–Kier alpha value is -2.67. The van der Waals surface area contributed by atoms with E-state index in [1.54, 1.807) is 36.7 Å². The molecule has 2 aromatic heterocycles. The number of hydrogen-bond acceptors (Lipinski definition) is 6. The van der Waals surface area contributed by atoms with E-state index in [1.807, 2.05) is 18.2 Å². The lowest BCUT2D eigenvalue weighted by Crippen LogP contribution is -2.29. The second-order valence-corrected chi connectivity index (χ2v) is 9.51. The van der Waals surface area contributed by atoms with Crippen LogP contribution < -0.4 is 15.4 Å². The first-order valence-electron chi connectivity index (χ1n) is 10.6. The number of ether oxygens (including phenoxy) is 1. The van der Waals surface area contributed by atoms with Crippen LogP contribution in [0.25, 0.3) is 10.2 Å². The van der Waals surface area contributed by atoms with Crippen molar-refractivity contribution in [3.8, 4) is 11.5 Å². The maximum atomic E-state index is 11.8. The van der Waals surface area contributed by atoms with Gasteiger partial charge in [-0.05, 0) is 62.1 Å². The lowest BCUT2D eigenvalue weighted by Gasteiger charge is -2.28. The third-order valence-electron chi connectivity index (χ3n) is 6.57. The first-order chi connectivity index (χ1) is 14.6. The molecule has 2 bridgehead atoms. The molecule has 2 aliphatic rings. The fraction of sp³-hybridized carbons (Fsp3) is 0.435. The molecule has 156 valence electrons. The van der Waals surface area contributed by atoms with Crippen molar-refractivity contribution < 1.29 is 9.53 Å². The highest BCUT2D eigenvalue weighted by Gasteiger charge is 2.41. The summed E-state index contributed by atoms with van der Waals surface area (Å²) in [6, 6.07) is 9.73. The Balaban J connectivity index is 1.30. The van der Waals surface area contributed by atoms with Gasteiger partial charge in [0.2, 0.25) is 0 Å². The van der Waals surface area contributed by atoms with Gasteiger partial charge < -0.3 is 15.4 Å². The van der Waals surface area contributed by atoms with Crippen LogP contribution in [0.15, 0.2) is 36.5 Å². The molecule has 1 aromatic carbocycles. The number of nitrogens with one attached hydrogen (secondary N) is 2. The van der Waals surface area contributed by atoms with Crippen molar-refractivity contribution in [3.05, 3.63) is 42.2 Å². The van der Waals surface area contributed by atoms with Gasteiger partial charge in [-0.1, -0.05) is 17.8 Å². The number of rotatable bonds is 6. The van der Waals surface area contributed by atoms with Crippen LogP contribution >= 0.6 is 11.3 Å². The first kappa shape index (κ1) is 19.3. The zero-order chi connectivity index (χ0) is 20.7. The monoisotopic (exact) mass is 422 g/mol. The maximum Gasteiger partial charge on any atom is 0.269 e. The van der Waals surface area contributed by atoms with Gasteiger partial charge >= 0.3 is 0 Å². The predicted octanol–water partition coefficient (Wildman–Crippen LogP) is 5.08. The molecular formula is C23H26N4O2S. The summed E-state index contributed by atoms with van der Waals surface area (Å²) in [6.45, 7) is 2.31. The molecule has 2 aliphatic carbocycles. The number of pyridine rings is 1. The lowest BCUT2D eigenvalue weighted by atomic mass is 9.84. The van der Waals surface area contributed by atoms with Gasteiger partial charge in [0.05, 0.1) is 10.2 Å². The second kappa shape index (κ2) is 7.87. The van der Waals surface area contributed by atoms with Crippen LogP contribution in [0.4, 0.5) is 5.13 Å². The van der Waals surface area contributed by atoms with E-state index >= 15 is 0 Å². The molecule has 4 atom stereocenters. The highest BCUT2D eigenvalue weighted by Crippen LogP contribution is 2.50. The van der Waals surface area contributed by atoms with E-state index < -0.39 is 0 Å². The van der Waals surface area contributed by atoms with Gasteiger partial charge in [0.25, 0.3) is 5.91 Å². The number of anilines is 1. The summed E-state index contributed by atoms with van der Waals surface area (Å²) in [5.74, 6) is 3.68. The Morgan fingerprint density at radius 2 is 2.07 bits per heavy atom. The van der Waals surface area contributed by atoms with Crippen LogP contribution in [0.3, 0.4) is 0 Å². The van der Waals surface area contributed by atoms with Crippen LogP contribution in [0.2, 0.25) is 0 Å². The largest absolute Gasteiger partial charge is 0.457 e. The number of hydrogen-bond donors (Lipinski definition) is 2. The number of nitrogens with zero attached hydrogens (tertiary/aromatic N) is 2. The summed E-state index contributed by atoms with van der Waals surface area (Å²) in [6.07, 6.45) is 7.20. The van der Waals surface area contributed by atoms with E-state index in [4.69, 9.17) is 9.72 Å². The van der Waals surface area contributed by atoms with Crippen LogP contribution in [0, 0.1) is 17.8 Å². The van der Waals surface area contributed by atoms with Crippen LogP contribution in [-0.4, -0.2) is 29.0 Å². The molecule has 2 saturated carbocycles. The number of benzene rings is 1. The number of aromatic nitrogens is 2. The molecule has 2 unspecified atom stereocenters. The van der Waals surface area contributed by atoms with Gasteiger partial charge in [-0.3, -0.25) is 9.78 Å². The van der Waals surface area contributed by atoms with E-state index in [9.17, 15) is 4.79 Å². The minimum Gasteiger partial charge on any atom is -0.457 e. The van der Waals surface area contributed by atoms with Crippen molar-refractivity contribution in [1.29, 1.82) is 0 Å². The highest BCUT2D eigenvalue weighted by atomic mass is 32.1. The Labute approximate surface area is 180 Å². The molecule has 2 heterocycles. The smallest absolute Gasteiger partial charge is 0.269 e. The van der Waals surface area contributed by atoms with E-state index in [1.165, 1.54) is 25.7 Å². The normalized spacial score (nSPS) is 23.5. The summed E-state index contributed by atoms with van der Waals surface area (Å²) in [7, 11) is 1.58. The molecule has 0 spiro atoms. The van der Waals surface area contributed by atoms with E-state index in [0.29, 0.717) is 23.2 Å². The van der Waals surface area contributed by atoms with Crippen molar-refractivity contribution >= 4 is 32.6 Å². The molecule has 5 rings (SSSR count). The van der Waals surface area contributed by atoms with Crippen molar-refractivity contribution in [3.63, 3.8) is 0 Å². The Morgan fingerprint density at radius 1 is 1.20 bits per heavy atom. The lowest BCUT2D eigenvalue weighted by molar-refractivity contribution is 0.0958. The van der Waals surface area contributed by atoms with Crippen molar-refractivity contribution in [1.82, 2.24) is 15.3 Å². The summed E-state index contributed by atoms with van der Waals surface area (Å²) < 4.78 is 7.04. The van der Waals surface area contributed by atoms with Gasteiger partial charge in [-0.25, -0.2) is 4.98 Å². The predicted molar refractivity (Wildman–Crippen MR) is 119 cm³/mol. The van der Waals surface area contributed by atoms with Gasteiger partial charge in [0.1, 0.15) is 17.2 Å². The third-order valence-corrected chi connectivity index (χ3v) is 7.52. The summed E-state index contributed by atoms with van der Waals surface area (Å²) in [4.78, 5) is 20.6. The third kappa shape index (κ3) is 3.74. The van der Waals surface area contributed by atoms with Gasteiger partial charge in [0.15, 0.2) is 5.13 Å². The Morgan fingerprint density at radius 3 is 2.83 bits per heavy atom. The van der Waals surface area contributed by atoms with E-state index in [0.717, 1.165) is 33.1 Å². The van der Waals surface area contributed by atoms with Crippen LogP contribution in [0.1, 0.15) is 43.1 Å². The van der Waals surface area contributed by atoms with E-state index in [2.05, 4.69) is 22.5 Å². The number of carbonyl (C=O) groups is 1. The van der Waals surface area contributed by atoms with Crippen LogP contribution in [-0.2, 0) is 0 Å². The average molecular weight is 423 g/mol. The molecule has 3 aromatic rings. The van der Waals surface area contributed by atoms with Gasteiger partial charge in [-0.15, -0.1) is 0 Å². The fourth-order valence-corrected chi connectivity index (χ4v) is 6.09. The molecular weight excluding hydrogens is 396 g/mol. The molecule has 0 radical (unpaired) electrons. The Kier molecular flexibility index (Phi) is 5.06. The van der Waals surface area contributed by atoms with Gasteiger partial charge in [-0.2, -0.15) is 0 Å². The molecule has 0 saturated heterocycles. The standard InChI is InChI=1S/C23H26N4O2S/c1-13(18-10-14-3-4-15(18)9-14)26-23-27-19-6-5-16(12-21(19)30-23)29-17-7-8-25-20(11-17)22(28)24-2/h5-8,11-15,18H,3-4,9-10H2,1-2H3,(H,24,28)(H,26,27)/t13?,14-,15+,18?/m0/s1. The second-order valence-electron chi connectivity index (χ2n) is 8.48. The summed E-state index contributed by atoms with van der Waals surface area (Å²) in [5.41, 5.74) is 1.30. The molecule has 30 heavy (non-hydrogen) atoms. The SMILES string of the molecule is CNC(=O)c1cc(Oc2ccc3nc(NC(C)C4C[C@H]5CC[C@@H]4C5)sc3c2)ccn1. The minimum absolute atomic E-state index is 0.237. The quantitative estimate of drug-likeness (QED) is 0.579. The molecule has 2 N–H and O–H groups in total. The van der Waals surface area contributed by atoms with Crippen molar-refractivity contribution in [2.45, 2.75) is 38.6 Å². The maximum absolute atomic E-state index is 11.8. The number of thiazole rings is 1. The minimum atomic E-state index is -0.237. The first-order valence-corrected chi connectivity index (χ1v) is 11.4. The molecule has 1 amide bonds. The fourth-order valence-electron chi connectivity index (χ4n) is 5.10. The molecule has 6 nitrogen and oxygen atoms in total. The summed E-state index contributed by atoms with van der Waals surface area (Å²) in [5, 5.41) is 7.22. The van der Waals surface area contributed by atoms with Crippen LogP contribution in [0.5, 0.6) is 11.5 Å².